The van der Waals surface area contributed by atoms with Crippen LogP contribution in [0.3, 0.4) is 0 Å². The van der Waals surface area contributed by atoms with Gasteiger partial charge in [-0.25, -0.2) is 0 Å². The number of hydrogen-bond donors (Lipinski definition) is 1. The Morgan fingerprint density at radius 1 is 1.33 bits per heavy atom. The molecule has 3 nitrogen and oxygen atoms in total. The maximum absolute atomic E-state index is 9.34. The predicted molar refractivity (Wildman–Crippen MR) is 71.1 cm³/mol. The van der Waals surface area contributed by atoms with Crippen molar-refractivity contribution >= 4 is 11.6 Å². The number of benzene rings is 1. The molecule has 2 unspecified atom stereocenters. The number of aliphatic hydroxyl groups is 1. The molecule has 4 heteroatoms. The Balaban J connectivity index is 2.07. The van der Waals surface area contributed by atoms with Crippen molar-refractivity contribution in [3.8, 4) is 5.75 Å². The summed E-state index contributed by atoms with van der Waals surface area (Å²) < 4.78 is 11.3. The minimum Gasteiger partial charge on any atom is -0.490 e. The van der Waals surface area contributed by atoms with Crippen molar-refractivity contribution in [2.45, 2.75) is 44.5 Å². The van der Waals surface area contributed by atoms with E-state index in [1.165, 1.54) is 0 Å². The van der Waals surface area contributed by atoms with Gasteiger partial charge in [0.1, 0.15) is 11.9 Å². The molecule has 100 valence electrons. The average molecular weight is 271 g/mol. The van der Waals surface area contributed by atoms with E-state index in [9.17, 15) is 5.11 Å². The first-order valence-electron chi connectivity index (χ1n) is 6.32. The van der Waals surface area contributed by atoms with Gasteiger partial charge in [0, 0.05) is 24.1 Å². The Kier molecular flexibility index (Phi) is 4.87. The van der Waals surface area contributed by atoms with Gasteiger partial charge >= 0.3 is 0 Å². The number of halogens is 1. The summed E-state index contributed by atoms with van der Waals surface area (Å²) in [6, 6.07) is 5.46. The van der Waals surface area contributed by atoms with E-state index in [4.69, 9.17) is 21.1 Å². The zero-order chi connectivity index (χ0) is 13.0. The van der Waals surface area contributed by atoms with Crippen LogP contribution in [0.2, 0.25) is 5.02 Å². The van der Waals surface area contributed by atoms with Gasteiger partial charge < -0.3 is 14.6 Å². The molecule has 2 rings (SSSR count). The average Bonchev–Trinajstić information content (AvgIpc) is 2.39. The normalized spacial score (nSPS) is 23.9. The number of methoxy groups -OCH3 is 1. The Labute approximate surface area is 113 Å². The van der Waals surface area contributed by atoms with Crippen molar-refractivity contribution < 1.29 is 14.6 Å². The molecule has 1 aliphatic rings. The molecule has 0 aliphatic heterocycles. The lowest BCUT2D eigenvalue weighted by Crippen LogP contribution is -2.29. The van der Waals surface area contributed by atoms with Crippen LogP contribution < -0.4 is 4.74 Å². The van der Waals surface area contributed by atoms with E-state index in [1.807, 2.05) is 12.1 Å². The molecule has 0 aromatic heterocycles. The van der Waals surface area contributed by atoms with E-state index in [-0.39, 0.29) is 18.8 Å². The van der Waals surface area contributed by atoms with Gasteiger partial charge in [0.2, 0.25) is 0 Å². The number of rotatable bonds is 4. The minimum absolute atomic E-state index is 0.102. The molecular formula is C14H19ClO3. The van der Waals surface area contributed by atoms with Crippen molar-refractivity contribution in [3.63, 3.8) is 0 Å². The molecule has 0 amide bonds. The fourth-order valence-corrected chi connectivity index (χ4v) is 2.63. The maximum atomic E-state index is 9.34. The third-order valence-electron chi connectivity index (χ3n) is 3.44. The van der Waals surface area contributed by atoms with Gasteiger partial charge in [0.05, 0.1) is 12.7 Å². The second-order valence-electron chi connectivity index (χ2n) is 4.64. The summed E-state index contributed by atoms with van der Waals surface area (Å²) in [4.78, 5) is 0. The molecule has 18 heavy (non-hydrogen) atoms. The van der Waals surface area contributed by atoms with E-state index in [0.29, 0.717) is 16.3 Å². The summed E-state index contributed by atoms with van der Waals surface area (Å²) in [5, 5.41) is 9.89. The number of hydrogen-bond acceptors (Lipinski definition) is 3. The van der Waals surface area contributed by atoms with Gasteiger partial charge in [-0.05, 0) is 31.4 Å². The summed E-state index contributed by atoms with van der Waals surface area (Å²) >= 11 is 6.04. The Morgan fingerprint density at radius 2 is 2.11 bits per heavy atom. The quantitative estimate of drug-likeness (QED) is 0.913. The first kappa shape index (κ1) is 13.7. The summed E-state index contributed by atoms with van der Waals surface area (Å²) in [7, 11) is 1.74. The van der Waals surface area contributed by atoms with Crippen LogP contribution in [0.15, 0.2) is 18.2 Å². The highest BCUT2D eigenvalue weighted by Gasteiger charge is 2.23. The van der Waals surface area contributed by atoms with Gasteiger partial charge in [0.15, 0.2) is 0 Å². The van der Waals surface area contributed by atoms with Gasteiger partial charge in [-0.2, -0.15) is 0 Å². The van der Waals surface area contributed by atoms with Crippen LogP contribution in [-0.4, -0.2) is 24.4 Å². The van der Waals surface area contributed by atoms with Crippen LogP contribution in [0, 0.1) is 0 Å². The Bertz CT molecular complexity index is 395. The fourth-order valence-electron chi connectivity index (χ4n) is 2.41. The van der Waals surface area contributed by atoms with Gasteiger partial charge in [-0.15, -0.1) is 0 Å². The molecule has 1 saturated carbocycles. The second-order valence-corrected chi connectivity index (χ2v) is 5.05. The highest BCUT2D eigenvalue weighted by molar-refractivity contribution is 6.31. The third-order valence-corrected chi connectivity index (χ3v) is 3.79. The van der Waals surface area contributed by atoms with Crippen molar-refractivity contribution in [2.75, 3.05) is 7.11 Å². The first-order chi connectivity index (χ1) is 8.74. The fraction of sp³-hybridized carbons (Fsp3) is 0.571. The summed E-state index contributed by atoms with van der Waals surface area (Å²) in [6.07, 6.45) is 4.55. The lowest BCUT2D eigenvalue weighted by atomic mass is 9.95. The van der Waals surface area contributed by atoms with Crippen LogP contribution in [0.5, 0.6) is 5.75 Å². The predicted octanol–water partition coefficient (Wildman–Crippen LogP) is 3.17. The van der Waals surface area contributed by atoms with Gasteiger partial charge in [0.25, 0.3) is 0 Å². The molecular weight excluding hydrogens is 252 g/mol. The molecule has 1 N–H and O–H groups in total. The topological polar surface area (TPSA) is 38.7 Å². The highest BCUT2D eigenvalue weighted by atomic mass is 35.5. The van der Waals surface area contributed by atoms with Crippen LogP contribution >= 0.6 is 11.6 Å². The zero-order valence-electron chi connectivity index (χ0n) is 10.6. The third kappa shape index (κ3) is 3.16. The largest absolute Gasteiger partial charge is 0.490 e. The van der Waals surface area contributed by atoms with Crippen LogP contribution in [0.1, 0.15) is 31.2 Å². The smallest absolute Gasteiger partial charge is 0.126 e. The SMILES string of the molecule is COC1CCCC(Oc2cccc(Cl)c2CO)C1. The van der Waals surface area contributed by atoms with Crippen molar-refractivity contribution in [1.29, 1.82) is 0 Å². The molecule has 1 aromatic rings. The van der Waals surface area contributed by atoms with Gasteiger partial charge in [-0.1, -0.05) is 17.7 Å². The molecule has 1 fully saturated rings. The van der Waals surface area contributed by atoms with E-state index in [1.54, 1.807) is 13.2 Å². The molecule has 0 bridgehead atoms. The number of ether oxygens (including phenoxy) is 2. The summed E-state index contributed by atoms with van der Waals surface area (Å²) in [5.74, 6) is 0.687. The molecule has 1 aliphatic carbocycles. The van der Waals surface area contributed by atoms with Crippen LogP contribution in [-0.2, 0) is 11.3 Å². The Hall–Kier alpha value is -0.770. The van der Waals surface area contributed by atoms with Crippen molar-refractivity contribution in [2.24, 2.45) is 0 Å². The van der Waals surface area contributed by atoms with E-state index >= 15 is 0 Å². The molecule has 0 spiro atoms. The molecule has 1 aromatic carbocycles. The summed E-state index contributed by atoms with van der Waals surface area (Å²) in [6.45, 7) is -0.102. The van der Waals surface area contributed by atoms with Gasteiger partial charge in [-0.3, -0.25) is 0 Å². The second kappa shape index (κ2) is 6.41. The first-order valence-corrected chi connectivity index (χ1v) is 6.70. The summed E-state index contributed by atoms with van der Waals surface area (Å²) in [5.41, 5.74) is 0.665. The molecule has 0 radical (unpaired) electrons. The van der Waals surface area contributed by atoms with Crippen molar-refractivity contribution in [3.05, 3.63) is 28.8 Å². The van der Waals surface area contributed by atoms with E-state index < -0.39 is 0 Å². The monoisotopic (exact) mass is 270 g/mol. The van der Waals surface area contributed by atoms with Crippen LogP contribution in [0.4, 0.5) is 0 Å². The Morgan fingerprint density at radius 3 is 2.83 bits per heavy atom. The lowest BCUT2D eigenvalue weighted by Gasteiger charge is -2.29. The lowest BCUT2D eigenvalue weighted by molar-refractivity contribution is 0.0203. The van der Waals surface area contributed by atoms with Crippen LogP contribution in [0.25, 0.3) is 0 Å². The molecule has 0 saturated heterocycles. The van der Waals surface area contributed by atoms with E-state index in [0.717, 1.165) is 25.7 Å². The number of aliphatic hydroxyl groups excluding tert-OH is 1. The highest BCUT2D eigenvalue weighted by Crippen LogP contribution is 2.30. The zero-order valence-corrected chi connectivity index (χ0v) is 11.3. The maximum Gasteiger partial charge on any atom is 0.126 e. The van der Waals surface area contributed by atoms with Crippen molar-refractivity contribution in [1.82, 2.24) is 0 Å². The van der Waals surface area contributed by atoms with E-state index in [2.05, 4.69) is 0 Å². The standard InChI is InChI=1S/C14H19ClO3/c1-17-10-4-2-5-11(8-10)18-14-7-3-6-13(15)12(14)9-16/h3,6-7,10-11,16H,2,4-5,8-9H2,1H3. The molecule has 0 heterocycles. The minimum atomic E-state index is -0.102. The molecule has 2 atom stereocenters.